The predicted molar refractivity (Wildman–Crippen MR) is 80.1 cm³/mol. The molecule has 0 spiro atoms. The van der Waals surface area contributed by atoms with Crippen LogP contribution in [0.15, 0.2) is 48.7 Å². The van der Waals surface area contributed by atoms with Gasteiger partial charge in [0.05, 0.1) is 6.42 Å². The number of amides is 1. The summed E-state index contributed by atoms with van der Waals surface area (Å²) in [6.07, 6.45) is 2.86. The Balaban J connectivity index is 1.88. The third-order valence-electron chi connectivity index (χ3n) is 3.25. The number of nitrogens with two attached hydrogens (primary N) is 1. The number of carbonyl (C=O) groups is 1. The van der Waals surface area contributed by atoms with Crippen LogP contribution >= 0.6 is 0 Å². The fourth-order valence-corrected chi connectivity index (χ4v) is 1.95. The highest BCUT2D eigenvalue weighted by atomic mass is 16.2. The summed E-state index contributed by atoms with van der Waals surface area (Å²) in [5, 5.41) is 0. The van der Waals surface area contributed by atoms with E-state index in [-0.39, 0.29) is 5.91 Å². The lowest BCUT2D eigenvalue weighted by Gasteiger charge is -2.17. The summed E-state index contributed by atoms with van der Waals surface area (Å²) in [7, 11) is 1.81. The molecule has 0 radical (unpaired) electrons. The summed E-state index contributed by atoms with van der Waals surface area (Å²) in [5.74, 6) is 0.0684. The molecule has 0 saturated heterocycles. The average molecular weight is 269 g/mol. The zero-order valence-electron chi connectivity index (χ0n) is 11.6. The van der Waals surface area contributed by atoms with Crippen LogP contribution in [0.25, 0.3) is 0 Å². The van der Waals surface area contributed by atoms with Crippen LogP contribution in [0.4, 0.5) is 5.69 Å². The van der Waals surface area contributed by atoms with Crippen LogP contribution in [-0.2, 0) is 17.6 Å². The first-order valence-corrected chi connectivity index (χ1v) is 6.64. The van der Waals surface area contributed by atoms with Crippen molar-refractivity contribution in [3.8, 4) is 0 Å². The van der Waals surface area contributed by atoms with Crippen LogP contribution in [0.1, 0.15) is 11.3 Å². The minimum absolute atomic E-state index is 0.0684. The van der Waals surface area contributed by atoms with Crippen molar-refractivity contribution in [3.05, 3.63) is 59.9 Å². The van der Waals surface area contributed by atoms with E-state index in [2.05, 4.69) is 4.98 Å². The minimum Gasteiger partial charge on any atom is -0.398 e. The molecule has 0 bridgehead atoms. The number of aromatic nitrogens is 1. The molecule has 0 aliphatic rings. The number of likely N-dealkylation sites (N-methyl/N-ethyl adjacent to an activating group) is 1. The molecule has 0 saturated carbocycles. The van der Waals surface area contributed by atoms with E-state index in [0.717, 1.165) is 17.7 Å². The number of pyridine rings is 1. The van der Waals surface area contributed by atoms with Crippen molar-refractivity contribution in [2.45, 2.75) is 12.8 Å². The van der Waals surface area contributed by atoms with Crippen LogP contribution in [-0.4, -0.2) is 29.4 Å². The number of carbonyl (C=O) groups excluding carboxylic acids is 1. The van der Waals surface area contributed by atoms with E-state index < -0.39 is 0 Å². The van der Waals surface area contributed by atoms with Crippen molar-refractivity contribution in [1.82, 2.24) is 9.88 Å². The molecular formula is C16H19N3O. The van der Waals surface area contributed by atoms with Crippen LogP contribution in [0.5, 0.6) is 0 Å². The van der Waals surface area contributed by atoms with Crippen molar-refractivity contribution in [2.24, 2.45) is 0 Å². The molecule has 0 fully saturated rings. The quantitative estimate of drug-likeness (QED) is 0.843. The monoisotopic (exact) mass is 269 g/mol. The summed E-state index contributed by atoms with van der Waals surface area (Å²) in [6.45, 7) is 0.655. The van der Waals surface area contributed by atoms with Crippen molar-refractivity contribution in [3.63, 3.8) is 0 Å². The van der Waals surface area contributed by atoms with Gasteiger partial charge in [-0.1, -0.05) is 24.3 Å². The van der Waals surface area contributed by atoms with E-state index in [1.165, 1.54) is 0 Å². The highest BCUT2D eigenvalue weighted by Crippen LogP contribution is 2.12. The Morgan fingerprint density at radius 2 is 1.95 bits per heavy atom. The number of anilines is 1. The Morgan fingerprint density at radius 1 is 1.20 bits per heavy atom. The van der Waals surface area contributed by atoms with Gasteiger partial charge in [-0.25, -0.2) is 0 Å². The Hall–Kier alpha value is -2.36. The SMILES string of the molecule is CN(CCc1ccccn1)C(=O)Cc1ccccc1N. The molecule has 0 aliphatic heterocycles. The summed E-state index contributed by atoms with van der Waals surface area (Å²) in [4.78, 5) is 18.1. The number of benzene rings is 1. The summed E-state index contributed by atoms with van der Waals surface area (Å²) < 4.78 is 0. The largest absolute Gasteiger partial charge is 0.398 e. The van der Waals surface area contributed by atoms with E-state index in [1.54, 1.807) is 11.1 Å². The maximum absolute atomic E-state index is 12.1. The Kier molecular flexibility index (Phi) is 4.71. The minimum atomic E-state index is 0.0684. The predicted octanol–water partition coefficient (Wildman–Crippen LogP) is 1.91. The fourth-order valence-electron chi connectivity index (χ4n) is 1.95. The van der Waals surface area contributed by atoms with Gasteiger partial charge in [0.2, 0.25) is 5.91 Å². The zero-order valence-corrected chi connectivity index (χ0v) is 11.6. The van der Waals surface area contributed by atoms with Gasteiger partial charge in [0.1, 0.15) is 0 Å². The lowest BCUT2D eigenvalue weighted by atomic mass is 10.1. The first-order valence-electron chi connectivity index (χ1n) is 6.64. The third-order valence-corrected chi connectivity index (χ3v) is 3.25. The van der Waals surface area contributed by atoms with Crippen molar-refractivity contribution in [2.75, 3.05) is 19.3 Å². The fraction of sp³-hybridized carbons (Fsp3) is 0.250. The smallest absolute Gasteiger partial charge is 0.226 e. The average Bonchev–Trinajstić information content (AvgIpc) is 2.48. The first-order chi connectivity index (χ1) is 9.66. The molecule has 0 unspecified atom stereocenters. The van der Waals surface area contributed by atoms with E-state index in [0.29, 0.717) is 18.7 Å². The molecule has 104 valence electrons. The Morgan fingerprint density at radius 3 is 2.65 bits per heavy atom. The standard InChI is InChI=1S/C16H19N3O/c1-19(11-9-14-7-4-5-10-18-14)16(20)12-13-6-2-3-8-15(13)17/h2-8,10H,9,11-12,17H2,1H3. The molecule has 0 aliphatic carbocycles. The second kappa shape index (κ2) is 6.70. The van der Waals surface area contributed by atoms with E-state index in [1.807, 2.05) is 49.5 Å². The lowest BCUT2D eigenvalue weighted by Crippen LogP contribution is -2.30. The molecule has 1 amide bonds. The number of para-hydroxylation sites is 1. The molecule has 4 heteroatoms. The lowest BCUT2D eigenvalue weighted by molar-refractivity contribution is -0.129. The van der Waals surface area contributed by atoms with E-state index >= 15 is 0 Å². The van der Waals surface area contributed by atoms with E-state index in [4.69, 9.17) is 5.73 Å². The molecule has 1 aromatic heterocycles. The molecule has 4 nitrogen and oxygen atoms in total. The number of nitrogens with zero attached hydrogens (tertiary/aromatic N) is 2. The molecule has 1 heterocycles. The first kappa shape index (κ1) is 14.1. The third kappa shape index (κ3) is 3.82. The van der Waals surface area contributed by atoms with Crippen LogP contribution in [0.3, 0.4) is 0 Å². The molecule has 2 aromatic rings. The van der Waals surface area contributed by atoms with Gasteiger partial charge in [-0.15, -0.1) is 0 Å². The van der Waals surface area contributed by atoms with Gasteiger partial charge in [0, 0.05) is 37.6 Å². The Bertz CT molecular complexity index is 569. The van der Waals surface area contributed by atoms with Gasteiger partial charge >= 0.3 is 0 Å². The molecule has 20 heavy (non-hydrogen) atoms. The molecular weight excluding hydrogens is 250 g/mol. The van der Waals surface area contributed by atoms with Crippen LogP contribution < -0.4 is 5.73 Å². The van der Waals surface area contributed by atoms with Crippen molar-refractivity contribution >= 4 is 11.6 Å². The number of nitrogen functional groups attached to an aromatic ring is 1. The van der Waals surface area contributed by atoms with E-state index in [9.17, 15) is 4.79 Å². The zero-order chi connectivity index (χ0) is 14.4. The summed E-state index contributed by atoms with van der Waals surface area (Å²) >= 11 is 0. The number of hydrogen-bond donors (Lipinski definition) is 1. The molecule has 1 aromatic carbocycles. The molecule has 2 N–H and O–H groups in total. The summed E-state index contributed by atoms with van der Waals surface area (Å²) in [5.41, 5.74) is 8.39. The van der Waals surface area contributed by atoms with Gasteiger partial charge < -0.3 is 10.6 Å². The molecule has 2 rings (SSSR count). The second-order valence-electron chi connectivity index (χ2n) is 4.76. The van der Waals surface area contributed by atoms with Gasteiger partial charge in [0.15, 0.2) is 0 Å². The van der Waals surface area contributed by atoms with Gasteiger partial charge in [0.25, 0.3) is 0 Å². The highest BCUT2D eigenvalue weighted by molar-refractivity contribution is 5.80. The number of rotatable bonds is 5. The number of hydrogen-bond acceptors (Lipinski definition) is 3. The van der Waals surface area contributed by atoms with Crippen molar-refractivity contribution < 1.29 is 4.79 Å². The highest BCUT2D eigenvalue weighted by Gasteiger charge is 2.11. The topological polar surface area (TPSA) is 59.2 Å². The maximum Gasteiger partial charge on any atom is 0.226 e. The van der Waals surface area contributed by atoms with Crippen LogP contribution in [0.2, 0.25) is 0 Å². The second-order valence-corrected chi connectivity index (χ2v) is 4.76. The van der Waals surface area contributed by atoms with Crippen LogP contribution in [0, 0.1) is 0 Å². The summed E-state index contributed by atoms with van der Waals surface area (Å²) in [6, 6.07) is 13.3. The normalized spacial score (nSPS) is 10.2. The Labute approximate surface area is 119 Å². The van der Waals surface area contributed by atoms with Gasteiger partial charge in [-0.05, 0) is 23.8 Å². The van der Waals surface area contributed by atoms with Gasteiger partial charge in [-0.2, -0.15) is 0 Å². The molecule has 0 atom stereocenters. The van der Waals surface area contributed by atoms with Gasteiger partial charge in [-0.3, -0.25) is 9.78 Å². The maximum atomic E-state index is 12.1. The van der Waals surface area contributed by atoms with Crippen molar-refractivity contribution in [1.29, 1.82) is 0 Å².